The minimum atomic E-state index is -0.487. The Kier molecular flexibility index (Phi) is 4.31. The number of hydrogen-bond donors (Lipinski definition) is 3. The second-order valence-corrected chi connectivity index (χ2v) is 5.22. The van der Waals surface area contributed by atoms with E-state index in [0.29, 0.717) is 22.1 Å². The third-order valence-corrected chi connectivity index (χ3v) is 3.69. The van der Waals surface area contributed by atoms with E-state index in [2.05, 4.69) is 0 Å². The lowest BCUT2D eigenvalue weighted by Gasteiger charge is -2.02. The highest BCUT2D eigenvalue weighted by Crippen LogP contribution is 2.28. The van der Waals surface area contributed by atoms with E-state index < -0.39 is 5.91 Å². The molecule has 0 bridgehead atoms. The van der Waals surface area contributed by atoms with Gasteiger partial charge in [0, 0.05) is 21.9 Å². The fourth-order valence-corrected chi connectivity index (χ4v) is 2.70. The maximum Gasteiger partial charge on any atom is 0.300 e. The van der Waals surface area contributed by atoms with Crippen molar-refractivity contribution < 1.29 is 13.6 Å². The first kappa shape index (κ1) is 14.4. The van der Waals surface area contributed by atoms with Crippen LogP contribution in [0.1, 0.15) is 21.9 Å². The van der Waals surface area contributed by atoms with Gasteiger partial charge in [0.2, 0.25) is 0 Å². The molecule has 2 rings (SSSR count). The van der Waals surface area contributed by atoms with Crippen molar-refractivity contribution in [3.63, 3.8) is 0 Å². The fourth-order valence-electron chi connectivity index (χ4n) is 1.67. The van der Waals surface area contributed by atoms with Crippen LogP contribution in [0.2, 0.25) is 0 Å². The van der Waals surface area contributed by atoms with Crippen LogP contribution in [-0.4, -0.2) is 5.91 Å². The normalized spacial score (nSPS) is 10.6. The number of benzene rings is 1. The number of halogens is 1. The summed E-state index contributed by atoms with van der Waals surface area (Å²) in [5, 5.41) is 0. The van der Waals surface area contributed by atoms with E-state index in [4.69, 9.17) is 16.0 Å². The average Bonchev–Trinajstić information content (AvgIpc) is 2.76. The monoisotopic (exact) mass is 295 g/mol. The van der Waals surface area contributed by atoms with Gasteiger partial charge < -0.3 is 10.2 Å². The number of nitrogen functional groups attached to an aromatic ring is 2. The first-order valence-corrected chi connectivity index (χ1v) is 6.77. The Balaban J connectivity index is 2.10. The zero-order chi connectivity index (χ0) is 14.7. The van der Waals surface area contributed by atoms with Gasteiger partial charge in [-0.25, -0.2) is 10.2 Å². The van der Waals surface area contributed by atoms with Gasteiger partial charge >= 0.3 is 5.91 Å². The molecular formula is C13H14FN3O2S. The number of nitrogens with two attached hydrogens (primary N) is 2. The van der Waals surface area contributed by atoms with Gasteiger partial charge in [0.25, 0.3) is 0 Å². The van der Waals surface area contributed by atoms with E-state index >= 15 is 0 Å². The highest BCUT2D eigenvalue weighted by Gasteiger charge is 2.13. The molecule has 0 radical (unpaired) electrons. The molecule has 0 saturated carbocycles. The van der Waals surface area contributed by atoms with Gasteiger partial charge in [-0.1, -0.05) is 0 Å². The molecule has 5 nitrogen and oxygen atoms in total. The molecule has 0 aliphatic carbocycles. The predicted octanol–water partition coefficient (Wildman–Crippen LogP) is 2.21. The zero-order valence-electron chi connectivity index (χ0n) is 10.8. The lowest BCUT2D eigenvalue weighted by Crippen LogP contribution is -2.29. The summed E-state index contributed by atoms with van der Waals surface area (Å²) in [7, 11) is 0. The van der Waals surface area contributed by atoms with Gasteiger partial charge in [-0.15, -0.1) is 11.8 Å². The molecule has 20 heavy (non-hydrogen) atoms. The van der Waals surface area contributed by atoms with Gasteiger partial charge in [-0.3, -0.25) is 10.2 Å². The number of nitrogens with one attached hydrogen (secondary N) is 1. The van der Waals surface area contributed by atoms with Crippen LogP contribution in [0.5, 0.6) is 0 Å². The number of hydrogen-bond acceptors (Lipinski definition) is 5. The molecule has 2 aromatic rings. The second kappa shape index (κ2) is 5.98. The summed E-state index contributed by atoms with van der Waals surface area (Å²) < 4.78 is 18.5. The molecule has 0 unspecified atom stereocenters. The van der Waals surface area contributed by atoms with E-state index in [1.165, 1.54) is 23.9 Å². The van der Waals surface area contributed by atoms with Gasteiger partial charge in [-0.05, 0) is 31.2 Å². The number of aryl methyl sites for hydroxylation is 1. The number of amides is 1. The maximum absolute atomic E-state index is 13.2. The molecule has 0 spiro atoms. The van der Waals surface area contributed by atoms with Gasteiger partial charge in [0.15, 0.2) is 5.76 Å². The van der Waals surface area contributed by atoms with Crippen LogP contribution in [0.4, 0.5) is 10.1 Å². The van der Waals surface area contributed by atoms with Crippen molar-refractivity contribution in [3.05, 3.63) is 47.2 Å². The van der Waals surface area contributed by atoms with E-state index in [1.807, 2.05) is 5.43 Å². The van der Waals surface area contributed by atoms with Crippen LogP contribution in [0.3, 0.4) is 0 Å². The largest absolute Gasteiger partial charge is 0.456 e. The summed E-state index contributed by atoms with van der Waals surface area (Å²) >= 11 is 1.41. The fraction of sp³-hybridized carbons (Fsp3) is 0.154. The Labute approximate surface area is 119 Å². The molecule has 0 aliphatic rings. The summed E-state index contributed by atoms with van der Waals surface area (Å²) in [4.78, 5) is 12.1. The summed E-state index contributed by atoms with van der Waals surface area (Å²) in [6.07, 6.45) is 0. The number of carbonyl (C=O) groups is 1. The minimum absolute atomic E-state index is 0.152. The van der Waals surface area contributed by atoms with Gasteiger partial charge in [-0.2, -0.15) is 0 Å². The lowest BCUT2D eigenvalue weighted by molar-refractivity contribution is 0.0924. The van der Waals surface area contributed by atoms with Crippen LogP contribution in [0.25, 0.3) is 0 Å². The Morgan fingerprint density at radius 2 is 2.15 bits per heavy atom. The van der Waals surface area contributed by atoms with Gasteiger partial charge in [0.1, 0.15) is 11.6 Å². The summed E-state index contributed by atoms with van der Waals surface area (Å²) in [6, 6.07) is 5.98. The van der Waals surface area contributed by atoms with Crippen LogP contribution in [0, 0.1) is 12.7 Å². The highest BCUT2D eigenvalue weighted by molar-refractivity contribution is 7.98. The molecule has 0 aliphatic heterocycles. The number of anilines is 1. The lowest BCUT2D eigenvalue weighted by atomic mass is 10.3. The second-order valence-electron chi connectivity index (χ2n) is 4.17. The molecule has 0 atom stereocenters. The third-order valence-electron chi connectivity index (χ3n) is 2.66. The molecule has 5 N–H and O–H groups in total. The zero-order valence-corrected chi connectivity index (χ0v) is 11.6. The standard InChI is InChI=1S/C13H14FN3O2S/c1-7-8(2-12(19-7)13(18)17-16)6-20-11-4-9(14)3-10(15)5-11/h2-5H,6,15-16H2,1H3,(H,17,18). The molecule has 106 valence electrons. The Bertz CT molecular complexity index is 622. The molecule has 0 fully saturated rings. The quantitative estimate of drug-likeness (QED) is 0.264. The molecule has 1 aromatic carbocycles. The van der Waals surface area contributed by atoms with Crippen molar-refractivity contribution in [2.24, 2.45) is 5.84 Å². The van der Waals surface area contributed by atoms with Crippen molar-refractivity contribution in [2.75, 3.05) is 5.73 Å². The molecule has 1 aromatic heterocycles. The number of carbonyl (C=O) groups excluding carboxylic acids is 1. The average molecular weight is 295 g/mol. The van der Waals surface area contributed by atoms with Crippen LogP contribution < -0.4 is 17.0 Å². The number of furan rings is 1. The summed E-state index contributed by atoms with van der Waals surface area (Å²) in [6.45, 7) is 1.75. The van der Waals surface area contributed by atoms with E-state index in [1.54, 1.807) is 19.1 Å². The van der Waals surface area contributed by atoms with Gasteiger partial charge in [0.05, 0.1) is 0 Å². The van der Waals surface area contributed by atoms with Crippen molar-refractivity contribution >= 4 is 23.4 Å². The Morgan fingerprint density at radius 3 is 2.80 bits per heavy atom. The number of rotatable bonds is 4. The molecule has 1 heterocycles. The van der Waals surface area contributed by atoms with Crippen molar-refractivity contribution in [3.8, 4) is 0 Å². The van der Waals surface area contributed by atoms with Crippen molar-refractivity contribution in [1.82, 2.24) is 5.43 Å². The maximum atomic E-state index is 13.2. The number of hydrazine groups is 1. The predicted molar refractivity (Wildman–Crippen MR) is 75.5 cm³/mol. The van der Waals surface area contributed by atoms with Crippen LogP contribution >= 0.6 is 11.8 Å². The SMILES string of the molecule is Cc1oc(C(=O)NN)cc1CSc1cc(N)cc(F)c1. The first-order chi connectivity index (χ1) is 9.49. The highest BCUT2D eigenvalue weighted by atomic mass is 32.2. The molecule has 0 saturated heterocycles. The Morgan fingerprint density at radius 1 is 1.40 bits per heavy atom. The minimum Gasteiger partial charge on any atom is -0.456 e. The summed E-state index contributed by atoms with van der Waals surface area (Å²) in [5.41, 5.74) is 8.80. The van der Waals surface area contributed by atoms with E-state index in [0.717, 1.165) is 5.56 Å². The number of thioether (sulfide) groups is 1. The molecular weight excluding hydrogens is 281 g/mol. The summed E-state index contributed by atoms with van der Waals surface area (Å²) in [5.74, 6) is 5.49. The van der Waals surface area contributed by atoms with Crippen LogP contribution in [-0.2, 0) is 5.75 Å². The smallest absolute Gasteiger partial charge is 0.300 e. The van der Waals surface area contributed by atoms with E-state index in [-0.39, 0.29) is 11.6 Å². The third kappa shape index (κ3) is 3.31. The van der Waals surface area contributed by atoms with Crippen LogP contribution in [0.15, 0.2) is 33.6 Å². The first-order valence-electron chi connectivity index (χ1n) is 5.78. The van der Waals surface area contributed by atoms with Crippen molar-refractivity contribution in [2.45, 2.75) is 17.6 Å². The molecule has 1 amide bonds. The molecule has 7 heteroatoms. The topological polar surface area (TPSA) is 94.3 Å². The van der Waals surface area contributed by atoms with Crippen molar-refractivity contribution in [1.29, 1.82) is 0 Å². The Hall–Kier alpha value is -1.99. The van der Waals surface area contributed by atoms with E-state index in [9.17, 15) is 9.18 Å².